The van der Waals surface area contributed by atoms with E-state index in [0.29, 0.717) is 5.57 Å². The Balaban J connectivity index is 1.58. The molecule has 0 saturated carbocycles. The highest BCUT2D eigenvalue weighted by atomic mass is 16.5. The summed E-state index contributed by atoms with van der Waals surface area (Å²) in [5.74, 6) is 0.202. The number of ether oxygens (including phenoxy) is 1. The number of nitrogens with one attached hydrogen (secondary N) is 2. The highest BCUT2D eigenvalue weighted by molar-refractivity contribution is 6.02. The lowest BCUT2D eigenvalue weighted by Gasteiger charge is -2.17. The molecule has 0 unspecified atom stereocenters. The molecule has 0 saturated heterocycles. The van der Waals surface area contributed by atoms with Gasteiger partial charge in [-0.15, -0.1) is 0 Å². The Kier molecular flexibility index (Phi) is 5.14. The number of fused-ring (bicyclic) bond motifs is 1. The minimum atomic E-state index is -0.298. The standard InChI is InChI=1S/C20H20N2O3/c1-2-14-7-3-5-9-17(14)22-19(23)12-21-20(24)16-11-15-8-4-6-10-18(15)25-13-16/h3-11H,2,12-13H2,1H3,(H,21,24)(H,22,23). The number of benzene rings is 2. The topological polar surface area (TPSA) is 67.4 Å². The van der Waals surface area contributed by atoms with Crippen LogP contribution in [0.4, 0.5) is 5.69 Å². The smallest absolute Gasteiger partial charge is 0.251 e. The number of anilines is 1. The summed E-state index contributed by atoms with van der Waals surface area (Å²) in [7, 11) is 0. The highest BCUT2D eigenvalue weighted by Crippen LogP contribution is 2.25. The molecule has 1 aliphatic rings. The molecule has 1 heterocycles. The maximum Gasteiger partial charge on any atom is 0.251 e. The molecule has 0 fully saturated rings. The van der Waals surface area contributed by atoms with E-state index in [1.165, 1.54) is 0 Å². The quantitative estimate of drug-likeness (QED) is 0.882. The number of amides is 2. The Labute approximate surface area is 146 Å². The average Bonchev–Trinajstić information content (AvgIpc) is 2.66. The Morgan fingerprint density at radius 3 is 2.68 bits per heavy atom. The summed E-state index contributed by atoms with van der Waals surface area (Å²) in [6, 6.07) is 15.1. The van der Waals surface area contributed by atoms with Crippen LogP contribution in [0, 0.1) is 0 Å². The Bertz CT molecular complexity index is 827. The molecule has 5 nitrogen and oxygen atoms in total. The third kappa shape index (κ3) is 4.07. The minimum Gasteiger partial charge on any atom is -0.488 e. The molecular weight excluding hydrogens is 316 g/mol. The van der Waals surface area contributed by atoms with Crippen molar-refractivity contribution in [1.82, 2.24) is 5.32 Å². The first kappa shape index (κ1) is 16.8. The zero-order chi connectivity index (χ0) is 17.6. The maximum atomic E-state index is 12.2. The predicted octanol–water partition coefficient (Wildman–Crippen LogP) is 2.78. The van der Waals surface area contributed by atoms with Gasteiger partial charge in [0, 0.05) is 11.3 Å². The van der Waals surface area contributed by atoms with E-state index in [1.807, 2.05) is 55.5 Å². The van der Waals surface area contributed by atoms with E-state index in [-0.39, 0.29) is 25.0 Å². The molecule has 2 aromatic rings. The fraction of sp³-hybridized carbons (Fsp3) is 0.200. The van der Waals surface area contributed by atoms with E-state index < -0.39 is 0 Å². The molecule has 128 valence electrons. The largest absolute Gasteiger partial charge is 0.488 e. The third-order valence-electron chi connectivity index (χ3n) is 4.01. The summed E-state index contributed by atoms with van der Waals surface area (Å²) in [6.07, 6.45) is 2.62. The molecule has 0 radical (unpaired) electrons. The van der Waals surface area contributed by atoms with Gasteiger partial charge < -0.3 is 15.4 Å². The van der Waals surface area contributed by atoms with Crippen molar-refractivity contribution in [2.45, 2.75) is 13.3 Å². The molecule has 1 aliphatic heterocycles. The van der Waals surface area contributed by atoms with Gasteiger partial charge in [0.1, 0.15) is 12.4 Å². The van der Waals surface area contributed by atoms with Crippen molar-refractivity contribution in [2.75, 3.05) is 18.5 Å². The summed E-state index contributed by atoms with van der Waals surface area (Å²) >= 11 is 0. The first-order chi connectivity index (χ1) is 12.2. The van der Waals surface area contributed by atoms with Gasteiger partial charge in [-0.2, -0.15) is 0 Å². The van der Waals surface area contributed by atoms with E-state index in [0.717, 1.165) is 29.0 Å². The van der Waals surface area contributed by atoms with Gasteiger partial charge in [0.15, 0.2) is 0 Å². The second-order valence-corrected chi connectivity index (χ2v) is 5.74. The minimum absolute atomic E-state index is 0.0874. The van der Waals surface area contributed by atoms with Crippen LogP contribution in [-0.2, 0) is 16.0 Å². The summed E-state index contributed by atoms with van der Waals surface area (Å²) in [6.45, 7) is 2.14. The molecule has 0 aliphatic carbocycles. The van der Waals surface area contributed by atoms with Crippen molar-refractivity contribution in [3.05, 3.63) is 65.2 Å². The van der Waals surface area contributed by atoms with Gasteiger partial charge >= 0.3 is 0 Å². The van der Waals surface area contributed by atoms with Gasteiger partial charge in [-0.3, -0.25) is 9.59 Å². The summed E-state index contributed by atoms with van der Waals surface area (Å²) in [4.78, 5) is 24.3. The van der Waals surface area contributed by atoms with Gasteiger partial charge in [0.25, 0.3) is 5.91 Å². The van der Waals surface area contributed by atoms with Crippen molar-refractivity contribution in [1.29, 1.82) is 0 Å². The molecule has 2 amide bonds. The predicted molar refractivity (Wildman–Crippen MR) is 97.4 cm³/mol. The van der Waals surface area contributed by atoms with Crippen LogP contribution in [0.2, 0.25) is 0 Å². The second kappa shape index (κ2) is 7.66. The Morgan fingerprint density at radius 2 is 1.84 bits per heavy atom. The Hall–Kier alpha value is -3.08. The molecule has 5 heteroatoms. The number of hydrogen-bond acceptors (Lipinski definition) is 3. The number of para-hydroxylation sites is 2. The van der Waals surface area contributed by atoms with E-state index >= 15 is 0 Å². The zero-order valence-electron chi connectivity index (χ0n) is 14.0. The zero-order valence-corrected chi connectivity index (χ0v) is 14.0. The van der Waals surface area contributed by atoms with Crippen LogP contribution in [-0.4, -0.2) is 25.0 Å². The molecule has 3 rings (SSSR count). The lowest BCUT2D eigenvalue weighted by atomic mass is 10.1. The number of carbonyl (C=O) groups excluding carboxylic acids is 2. The van der Waals surface area contributed by atoms with Crippen molar-refractivity contribution in [2.24, 2.45) is 0 Å². The fourth-order valence-electron chi connectivity index (χ4n) is 2.67. The average molecular weight is 336 g/mol. The number of hydrogen-bond donors (Lipinski definition) is 2. The van der Waals surface area contributed by atoms with E-state index in [2.05, 4.69) is 10.6 Å². The van der Waals surface area contributed by atoms with Crippen LogP contribution in [0.5, 0.6) is 5.75 Å². The third-order valence-corrected chi connectivity index (χ3v) is 4.01. The summed E-state index contributed by atoms with van der Waals surface area (Å²) in [5, 5.41) is 5.47. The summed E-state index contributed by atoms with van der Waals surface area (Å²) < 4.78 is 5.56. The van der Waals surface area contributed by atoms with E-state index in [1.54, 1.807) is 6.08 Å². The molecule has 2 aromatic carbocycles. The Morgan fingerprint density at radius 1 is 1.08 bits per heavy atom. The molecule has 0 spiro atoms. The molecular formula is C20H20N2O3. The molecule has 2 N–H and O–H groups in total. The van der Waals surface area contributed by atoms with Gasteiger partial charge in [-0.05, 0) is 30.2 Å². The number of aryl methyl sites for hydroxylation is 1. The monoisotopic (exact) mass is 336 g/mol. The SMILES string of the molecule is CCc1ccccc1NC(=O)CNC(=O)C1=Cc2ccccc2OC1. The van der Waals surface area contributed by atoms with Crippen molar-refractivity contribution in [3.8, 4) is 5.75 Å². The fourth-order valence-corrected chi connectivity index (χ4v) is 2.67. The highest BCUT2D eigenvalue weighted by Gasteiger charge is 2.17. The second-order valence-electron chi connectivity index (χ2n) is 5.74. The number of carbonyl (C=O) groups is 2. The number of rotatable bonds is 5. The van der Waals surface area contributed by atoms with Crippen LogP contribution in [0.15, 0.2) is 54.1 Å². The molecule has 0 bridgehead atoms. The molecule has 25 heavy (non-hydrogen) atoms. The van der Waals surface area contributed by atoms with Crippen LogP contribution in [0.25, 0.3) is 6.08 Å². The summed E-state index contributed by atoms with van der Waals surface area (Å²) in [5.41, 5.74) is 3.20. The van der Waals surface area contributed by atoms with Crippen molar-refractivity contribution in [3.63, 3.8) is 0 Å². The lowest BCUT2D eigenvalue weighted by Crippen LogP contribution is -2.35. The lowest BCUT2D eigenvalue weighted by molar-refractivity contribution is -0.121. The molecule has 0 aromatic heterocycles. The normalized spacial score (nSPS) is 12.4. The first-order valence-electron chi connectivity index (χ1n) is 8.25. The maximum absolute atomic E-state index is 12.2. The van der Waals surface area contributed by atoms with Gasteiger partial charge in [0.2, 0.25) is 5.91 Å². The van der Waals surface area contributed by atoms with Crippen LogP contribution < -0.4 is 15.4 Å². The first-order valence-corrected chi connectivity index (χ1v) is 8.25. The van der Waals surface area contributed by atoms with Gasteiger partial charge in [-0.25, -0.2) is 0 Å². The van der Waals surface area contributed by atoms with Crippen LogP contribution in [0.1, 0.15) is 18.1 Å². The van der Waals surface area contributed by atoms with E-state index in [9.17, 15) is 9.59 Å². The molecule has 0 atom stereocenters. The van der Waals surface area contributed by atoms with Crippen LogP contribution in [0.3, 0.4) is 0 Å². The van der Waals surface area contributed by atoms with Crippen LogP contribution >= 0.6 is 0 Å². The van der Waals surface area contributed by atoms with E-state index in [4.69, 9.17) is 4.74 Å². The van der Waals surface area contributed by atoms with Crippen molar-refractivity contribution < 1.29 is 14.3 Å². The van der Waals surface area contributed by atoms with Gasteiger partial charge in [0.05, 0.1) is 12.1 Å². The van der Waals surface area contributed by atoms with Gasteiger partial charge in [-0.1, -0.05) is 43.3 Å². The van der Waals surface area contributed by atoms with Crippen molar-refractivity contribution >= 4 is 23.6 Å².